The van der Waals surface area contributed by atoms with Gasteiger partial charge in [0.1, 0.15) is 0 Å². The Labute approximate surface area is 79.0 Å². The number of halogens is 1. The molecule has 2 aliphatic rings. The van der Waals surface area contributed by atoms with Crippen LogP contribution in [0.2, 0.25) is 0 Å². The van der Waals surface area contributed by atoms with Gasteiger partial charge in [0.05, 0.1) is 4.83 Å². The Morgan fingerprint density at radius 2 is 2.08 bits per heavy atom. The second kappa shape index (κ2) is 2.55. The smallest absolute Gasteiger partial charge is 0.240 e. The Morgan fingerprint density at radius 1 is 1.42 bits per heavy atom. The topological polar surface area (TPSA) is 46.2 Å². The predicted octanol–water partition coefficient (Wildman–Crippen LogP) is 0.967. The first-order valence-electron chi connectivity index (χ1n) is 4.12. The minimum atomic E-state index is -0.161. The number of carbonyl (C=O) groups is 2. The summed E-state index contributed by atoms with van der Waals surface area (Å²) < 4.78 is 0. The van der Waals surface area contributed by atoms with E-state index in [9.17, 15) is 9.59 Å². The molecule has 1 heterocycles. The van der Waals surface area contributed by atoms with E-state index in [-0.39, 0.29) is 22.1 Å². The second-order valence-corrected chi connectivity index (χ2v) is 4.58. The lowest BCUT2D eigenvalue weighted by molar-refractivity contribution is -0.139. The summed E-state index contributed by atoms with van der Waals surface area (Å²) in [7, 11) is 0. The molecule has 3 nitrogen and oxygen atoms in total. The molecular weight excluding hydrogens is 222 g/mol. The molecule has 1 aliphatic carbocycles. The number of hydrogen-bond donors (Lipinski definition) is 1. The van der Waals surface area contributed by atoms with Gasteiger partial charge in [-0.2, -0.15) is 0 Å². The van der Waals surface area contributed by atoms with Crippen LogP contribution in [0, 0.1) is 5.41 Å². The normalized spacial score (nSPS) is 32.9. The summed E-state index contributed by atoms with van der Waals surface area (Å²) in [6, 6.07) is 0. The maximum atomic E-state index is 11.2. The van der Waals surface area contributed by atoms with E-state index in [1.807, 2.05) is 0 Å². The zero-order valence-electron chi connectivity index (χ0n) is 6.60. The molecule has 0 radical (unpaired) electrons. The number of piperidine rings is 1. The molecule has 2 rings (SSSR count). The molecule has 1 N–H and O–H groups in total. The van der Waals surface area contributed by atoms with Crippen molar-refractivity contribution < 1.29 is 9.59 Å². The Balaban J connectivity index is 2.21. The molecule has 1 unspecified atom stereocenters. The highest BCUT2D eigenvalue weighted by atomic mass is 79.9. The lowest BCUT2D eigenvalue weighted by atomic mass is 9.63. The predicted molar refractivity (Wildman–Crippen MR) is 46.8 cm³/mol. The summed E-state index contributed by atoms with van der Waals surface area (Å²) in [5.41, 5.74) is -0.0422. The number of alkyl halides is 1. The molecule has 2 fully saturated rings. The maximum absolute atomic E-state index is 11.2. The molecular formula is C8H10BrNO2. The van der Waals surface area contributed by atoms with E-state index >= 15 is 0 Å². The molecule has 66 valence electrons. The van der Waals surface area contributed by atoms with Gasteiger partial charge in [0.25, 0.3) is 0 Å². The van der Waals surface area contributed by atoms with Crippen LogP contribution in [0.1, 0.15) is 25.7 Å². The van der Waals surface area contributed by atoms with Gasteiger partial charge in [-0.3, -0.25) is 14.9 Å². The standard InChI is InChI=1S/C8H10BrNO2/c9-6-7(12)10-5(11)4-8(6)2-1-3-8/h6H,1-4H2,(H,10,11,12). The van der Waals surface area contributed by atoms with Crippen molar-refractivity contribution in [1.82, 2.24) is 5.32 Å². The van der Waals surface area contributed by atoms with E-state index in [2.05, 4.69) is 21.2 Å². The van der Waals surface area contributed by atoms with Crippen LogP contribution in [0.3, 0.4) is 0 Å². The third-order valence-electron chi connectivity index (χ3n) is 2.89. The highest BCUT2D eigenvalue weighted by molar-refractivity contribution is 9.10. The van der Waals surface area contributed by atoms with E-state index in [0.29, 0.717) is 6.42 Å². The van der Waals surface area contributed by atoms with Crippen LogP contribution in [0.5, 0.6) is 0 Å². The molecule has 0 bridgehead atoms. The molecule has 1 atom stereocenters. The summed E-state index contributed by atoms with van der Waals surface area (Å²) in [6.07, 6.45) is 3.65. The average molecular weight is 232 g/mol. The molecule has 12 heavy (non-hydrogen) atoms. The minimum absolute atomic E-state index is 0.0422. The van der Waals surface area contributed by atoms with Crippen LogP contribution in [-0.2, 0) is 9.59 Å². The number of carbonyl (C=O) groups excluding carboxylic acids is 2. The summed E-state index contributed by atoms with van der Waals surface area (Å²) >= 11 is 3.35. The van der Waals surface area contributed by atoms with Crippen molar-refractivity contribution in [3.63, 3.8) is 0 Å². The molecule has 4 heteroatoms. The number of amides is 2. The van der Waals surface area contributed by atoms with Crippen LogP contribution in [0.4, 0.5) is 0 Å². The van der Waals surface area contributed by atoms with Gasteiger partial charge in [0, 0.05) is 11.8 Å². The van der Waals surface area contributed by atoms with Crippen molar-refractivity contribution >= 4 is 27.7 Å². The van der Waals surface area contributed by atoms with Crippen molar-refractivity contribution in [3.05, 3.63) is 0 Å². The number of nitrogens with one attached hydrogen (secondary N) is 1. The van der Waals surface area contributed by atoms with Crippen molar-refractivity contribution in [2.75, 3.05) is 0 Å². The number of rotatable bonds is 0. The number of hydrogen-bond acceptors (Lipinski definition) is 2. The lowest BCUT2D eigenvalue weighted by Gasteiger charge is -2.46. The molecule has 1 saturated carbocycles. The van der Waals surface area contributed by atoms with Crippen molar-refractivity contribution in [2.45, 2.75) is 30.5 Å². The largest absolute Gasteiger partial charge is 0.295 e. The van der Waals surface area contributed by atoms with Crippen LogP contribution in [0.25, 0.3) is 0 Å². The molecule has 1 saturated heterocycles. The molecule has 1 spiro atoms. The van der Waals surface area contributed by atoms with Crippen LogP contribution in [0.15, 0.2) is 0 Å². The summed E-state index contributed by atoms with van der Waals surface area (Å²) in [4.78, 5) is 22.2. The van der Waals surface area contributed by atoms with E-state index < -0.39 is 0 Å². The summed E-state index contributed by atoms with van der Waals surface area (Å²) in [5, 5.41) is 2.33. The van der Waals surface area contributed by atoms with Crippen LogP contribution in [-0.4, -0.2) is 16.6 Å². The highest BCUT2D eigenvalue weighted by Crippen LogP contribution is 2.50. The Morgan fingerprint density at radius 3 is 2.58 bits per heavy atom. The first-order chi connectivity index (χ1) is 5.64. The van der Waals surface area contributed by atoms with Crippen molar-refractivity contribution in [2.24, 2.45) is 5.41 Å². The van der Waals surface area contributed by atoms with Crippen molar-refractivity contribution in [1.29, 1.82) is 0 Å². The minimum Gasteiger partial charge on any atom is -0.295 e. The molecule has 0 aromatic rings. The van der Waals surface area contributed by atoms with Gasteiger partial charge < -0.3 is 0 Å². The lowest BCUT2D eigenvalue weighted by Crippen LogP contribution is -2.55. The van der Waals surface area contributed by atoms with Gasteiger partial charge in [0.15, 0.2) is 0 Å². The quantitative estimate of drug-likeness (QED) is 0.499. The van der Waals surface area contributed by atoms with Gasteiger partial charge in [0.2, 0.25) is 11.8 Å². The molecule has 2 amide bonds. The van der Waals surface area contributed by atoms with E-state index in [4.69, 9.17) is 0 Å². The monoisotopic (exact) mass is 231 g/mol. The fourth-order valence-corrected chi connectivity index (χ4v) is 2.73. The first kappa shape index (κ1) is 8.23. The molecule has 1 aliphatic heterocycles. The first-order valence-corrected chi connectivity index (χ1v) is 5.03. The second-order valence-electron chi connectivity index (χ2n) is 3.67. The zero-order valence-corrected chi connectivity index (χ0v) is 8.19. The van der Waals surface area contributed by atoms with Gasteiger partial charge in [-0.1, -0.05) is 22.4 Å². The summed E-state index contributed by atoms with van der Waals surface area (Å²) in [6.45, 7) is 0. The zero-order chi connectivity index (χ0) is 8.77. The van der Waals surface area contributed by atoms with Gasteiger partial charge >= 0.3 is 0 Å². The Bertz CT molecular complexity index is 247. The van der Waals surface area contributed by atoms with E-state index in [1.54, 1.807) is 0 Å². The Hall–Kier alpha value is -0.380. The SMILES string of the molecule is O=C1CC2(CCC2)C(Br)C(=O)N1. The molecule has 0 aromatic heterocycles. The van der Waals surface area contributed by atoms with Gasteiger partial charge in [-0.15, -0.1) is 0 Å². The van der Waals surface area contributed by atoms with Crippen LogP contribution < -0.4 is 5.32 Å². The van der Waals surface area contributed by atoms with E-state index in [0.717, 1.165) is 19.3 Å². The fourth-order valence-electron chi connectivity index (χ4n) is 1.99. The fraction of sp³-hybridized carbons (Fsp3) is 0.750. The van der Waals surface area contributed by atoms with Gasteiger partial charge in [-0.05, 0) is 12.8 Å². The van der Waals surface area contributed by atoms with Gasteiger partial charge in [-0.25, -0.2) is 0 Å². The number of imide groups is 1. The molecule has 0 aromatic carbocycles. The Kier molecular flexibility index (Phi) is 1.75. The summed E-state index contributed by atoms with van der Waals surface area (Å²) in [5.74, 6) is -0.277. The maximum Gasteiger partial charge on any atom is 0.240 e. The third-order valence-corrected chi connectivity index (χ3v) is 4.28. The highest BCUT2D eigenvalue weighted by Gasteiger charge is 2.50. The third kappa shape index (κ3) is 1.01. The van der Waals surface area contributed by atoms with Crippen LogP contribution >= 0.6 is 15.9 Å². The average Bonchev–Trinajstić information content (AvgIpc) is 1.93. The van der Waals surface area contributed by atoms with Crippen molar-refractivity contribution in [3.8, 4) is 0 Å². The van der Waals surface area contributed by atoms with E-state index in [1.165, 1.54) is 0 Å².